The Hall–Kier alpha value is -1.83. The molecule has 0 aromatic heterocycles. The summed E-state index contributed by atoms with van der Waals surface area (Å²) >= 11 is 0. The fourth-order valence-corrected chi connectivity index (χ4v) is 2.13. The molecule has 2 aromatic rings. The first-order valence-electron chi connectivity index (χ1n) is 5.71. The number of hydrogen-bond donors (Lipinski definition) is 1. The molecular weight excluding hydrogens is 196 g/mol. The highest BCUT2D eigenvalue weighted by Gasteiger charge is 2.07. The maximum atomic E-state index is 4.44. The quantitative estimate of drug-likeness (QED) is 0.766. The lowest BCUT2D eigenvalue weighted by molar-refractivity contribution is 0.951. The summed E-state index contributed by atoms with van der Waals surface area (Å²) in [4.78, 5) is 4.44. The highest BCUT2D eigenvalue weighted by atomic mass is 15.0. The molecule has 0 atom stereocenters. The summed E-state index contributed by atoms with van der Waals surface area (Å²) in [6.07, 6.45) is 2.25. The van der Waals surface area contributed by atoms with Crippen molar-refractivity contribution in [2.75, 3.05) is 11.9 Å². The lowest BCUT2D eigenvalue weighted by atomic mass is 10.1. The Morgan fingerprint density at radius 3 is 2.75 bits per heavy atom. The maximum absolute atomic E-state index is 4.44. The molecule has 1 N–H and O–H groups in total. The smallest absolute Gasteiger partial charge is 0.101 e. The van der Waals surface area contributed by atoms with E-state index in [0.29, 0.717) is 0 Å². The Kier molecular flexibility index (Phi) is 2.33. The Bertz CT molecular complexity index is 538. The van der Waals surface area contributed by atoms with E-state index in [2.05, 4.69) is 52.8 Å². The normalized spacial score (nSPS) is 15.1. The average Bonchev–Trinajstić information content (AvgIpc) is 2.82. The molecule has 0 bridgehead atoms. The van der Waals surface area contributed by atoms with Crippen molar-refractivity contribution in [3.63, 3.8) is 0 Å². The van der Waals surface area contributed by atoms with E-state index in [-0.39, 0.29) is 0 Å². The molecule has 0 radical (unpaired) electrons. The molecule has 1 aliphatic rings. The third-order valence-corrected chi connectivity index (χ3v) is 2.94. The third-order valence-electron chi connectivity index (χ3n) is 2.94. The van der Waals surface area contributed by atoms with Crippen LogP contribution in [0.4, 0.5) is 5.69 Å². The minimum Gasteiger partial charge on any atom is -0.344 e. The summed E-state index contributed by atoms with van der Waals surface area (Å²) in [5, 5.41) is 5.97. The molecule has 0 amide bonds. The zero-order chi connectivity index (χ0) is 10.8. The van der Waals surface area contributed by atoms with Gasteiger partial charge >= 0.3 is 0 Å². The zero-order valence-corrected chi connectivity index (χ0v) is 9.11. The summed E-state index contributed by atoms with van der Waals surface area (Å²) in [5.74, 6) is 1.12. The van der Waals surface area contributed by atoms with E-state index in [1.54, 1.807) is 0 Å². The molecular formula is C14H14N2. The van der Waals surface area contributed by atoms with Gasteiger partial charge in [0.1, 0.15) is 5.84 Å². The topological polar surface area (TPSA) is 24.4 Å². The van der Waals surface area contributed by atoms with Crippen molar-refractivity contribution < 1.29 is 0 Å². The lowest BCUT2D eigenvalue weighted by Crippen LogP contribution is -2.08. The highest BCUT2D eigenvalue weighted by molar-refractivity contribution is 6.04. The zero-order valence-electron chi connectivity index (χ0n) is 9.11. The van der Waals surface area contributed by atoms with Crippen LogP contribution in [-0.2, 0) is 0 Å². The van der Waals surface area contributed by atoms with Gasteiger partial charge in [-0.3, -0.25) is 4.99 Å². The summed E-state index contributed by atoms with van der Waals surface area (Å²) < 4.78 is 0. The molecule has 0 unspecified atom stereocenters. The maximum Gasteiger partial charge on any atom is 0.101 e. The van der Waals surface area contributed by atoms with Crippen molar-refractivity contribution >= 4 is 22.3 Å². The monoisotopic (exact) mass is 210 g/mol. The predicted molar refractivity (Wildman–Crippen MR) is 69.1 cm³/mol. The van der Waals surface area contributed by atoms with Crippen LogP contribution >= 0.6 is 0 Å². The van der Waals surface area contributed by atoms with Crippen LogP contribution < -0.4 is 5.32 Å². The minimum absolute atomic E-state index is 0.965. The van der Waals surface area contributed by atoms with Gasteiger partial charge in [-0.1, -0.05) is 36.4 Å². The Labute approximate surface area is 95.0 Å². The van der Waals surface area contributed by atoms with Crippen LogP contribution in [0.1, 0.15) is 12.8 Å². The van der Waals surface area contributed by atoms with Crippen LogP contribution in [0.25, 0.3) is 10.8 Å². The number of nitrogens with zero attached hydrogens (tertiary/aromatic N) is 1. The highest BCUT2D eigenvalue weighted by Crippen LogP contribution is 2.23. The number of benzene rings is 2. The van der Waals surface area contributed by atoms with Crippen LogP contribution in [0, 0.1) is 0 Å². The lowest BCUT2D eigenvalue weighted by Gasteiger charge is -2.09. The first-order chi connectivity index (χ1) is 7.93. The van der Waals surface area contributed by atoms with Gasteiger partial charge in [0.05, 0.1) is 0 Å². The molecule has 2 aromatic carbocycles. The second-order valence-electron chi connectivity index (χ2n) is 4.08. The van der Waals surface area contributed by atoms with Crippen LogP contribution in [0.2, 0.25) is 0 Å². The van der Waals surface area contributed by atoms with Crippen LogP contribution in [0.5, 0.6) is 0 Å². The van der Waals surface area contributed by atoms with E-state index in [1.165, 1.54) is 22.9 Å². The SMILES string of the molecule is c1ccc2c(NC3=NCCC3)cccc2c1. The summed E-state index contributed by atoms with van der Waals surface area (Å²) in [6, 6.07) is 14.8. The van der Waals surface area contributed by atoms with Crippen molar-refractivity contribution in [3.8, 4) is 0 Å². The molecule has 0 fully saturated rings. The first kappa shape index (κ1) is 9.40. The van der Waals surface area contributed by atoms with Gasteiger partial charge in [-0.25, -0.2) is 0 Å². The van der Waals surface area contributed by atoms with Crippen LogP contribution in [0.15, 0.2) is 47.5 Å². The van der Waals surface area contributed by atoms with Crippen molar-refractivity contribution in [2.45, 2.75) is 12.8 Å². The number of rotatable bonds is 1. The molecule has 0 saturated heterocycles. The first-order valence-corrected chi connectivity index (χ1v) is 5.71. The second kappa shape index (κ2) is 3.97. The van der Waals surface area contributed by atoms with Gasteiger partial charge in [-0.2, -0.15) is 0 Å². The second-order valence-corrected chi connectivity index (χ2v) is 4.08. The van der Waals surface area contributed by atoms with Crippen molar-refractivity contribution in [2.24, 2.45) is 4.99 Å². The Morgan fingerprint density at radius 1 is 1.00 bits per heavy atom. The van der Waals surface area contributed by atoms with Crippen molar-refractivity contribution in [3.05, 3.63) is 42.5 Å². The van der Waals surface area contributed by atoms with Gasteiger partial charge in [-0.05, 0) is 17.9 Å². The van der Waals surface area contributed by atoms with E-state index in [0.717, 1.165) is 18.8 Å². The predicted octanol–water partition coefficient (Wildman–Crippen LogP) is 3.44. The third kappa shape index (κ3) is 1.67. The number of amidine groups is 1. The molecule has 1 heterocycles. The van der Waals surface area contributed by atoms with Gasteiger partial charge in [0, 0.05) is 24.0 Å². The van der Waals surface area contributed by atoms with Gasteiger partial charge in [0.2, 0.25) is 0 Å². The van der Waals surface area contributed by atoms with E-state index < -0.39 is 0 Å². The average molecular weight is 210 g/mol. The Morgan fingerprint density at radius 2 is 1.88 bits per heavy atom. The number of aliphatic imine (C=N–C) groups is 1. The number of anilines is 1. The fourth-order valence-electron chi connectivity index (χ4n) is 2.13. The van der Waals surface area contributed by atoms with Gasteiger partial charge < -0.3 is 5.32 Å². The molecule has 0 spiro atoms. The molecule has 1 aliphatic heterocycles. The van der Waals surface area contributed by atoms with Crippen molar-refractivity contribution in [1.29, 1.82) is 0 Å². The molecule has 0 saturated carbocycles. The summed E-state index contributed by atoms with van der Waals surface area (Å²) in [5.41, 5.74) is 1.17. The van der Waals surface area contributed by atoms with Crippen molar-refractivity contribution in [1.82, 2.24) is 0 Å². The molecule has 16 heavy (non-hydrogen) atoms. The largest absolute Gasteiger partial charge is 0.344 e. The number of nitrogens with one attached hydrogen (secondary N) is 1. The molecule has 0 aliphatic carbocycles. The minimum atomic E-state index is 0.965. The van der Waals surface area contributed by atoms with E-state index in [9.17, 15) is 0 Å². The van der Waals surface area contributed by atoms with Gasteiger partial charge in [0.15, 0.2) is 0 Å². The van der Waals surface area contributed by atoms with Crippen LogP contribution in [0.3, 0.4) is 0 Å². The summed E-state index contributed by atoms with van der Waals surface area (Å²) in [6.45, 7) is 0.965. The number of hydrogen-bond acceptors (Lipinski definition) is 2. The van der Waals surface area contributed by atoms with E-state index in [4.69, 9.17) is 0 Å². The molecule has 2 nitrogen and oxygen atoms in total. The van der Waals surface area contributed by atoms with Crippen LogP contribution in [-0.4, -0.2) is 12.4 Å². The molecule has 3 rings (SSSR count). The fraction of sp³-hybridized carbons (Fsp3) is 0.214. The van der Waals surface area contributed by atoms with Gasteiger partial charge in [-0.15, -0.1) is 0 Å². The van der Waals surface area contributed by atoms with E-state index in [1.807, 2.05) is 0 Å². The summed E-state index contributed by atoms with van der Waals surface area (Å²) in [7, 11) is 0. The molecule has 2 heteroatoms. The number of fused-ring (bicyclic) bond motifs is 1. The Balaban J connectivity index is 2.02. The van der Waals surface area contributed by atoms with Gasteiger partial charge in [0.25, 0.3) is 0 Å². The van der Waals surface area contributed by atoms with E-state index >= 15 is 0 Å². The standard InChI is InChI=1S/C14H14N2/c1-2-7-12-11(5-1)6-3-8-13(12)16-14-9-4-10-15-14/h1-3,5-8H,4,9-10H2,(H,15,16). The molecule has 80 valence electrons.